The number of rotatable bonds is 5. The van der Waals surface area contributed by atoms with Crippen LogP contribution in [0.3, 0.4) is 0 Å². The normalized spacial score (nSPS) is 25.1. The van der Waals surface area contributed by atoms with Crippen molar-refractivity contribution in [3.05, 3.63) is 25.0 Å². The Hall–Kier alpha value is -2.38. The van der Waals surface area contributed by atoms with Crippen LogP contribution in [0.5, 0.6) is 0 Å². The Morgan fingerprint density at radius 2 is 2.35 bits per heavy atom. The predicted octanol–water partition coefficient (Wildman–Crippen LogP) is 0.595. The van der Waals surface area contributed by atoms with Gasteiger partial charge in [-0.25, -0.2) is 9.48 Å². The quantitative estimate of drug-likeness (QED) is 0.765. The number of aromatic nitrogens is 3. The molecule has 20 heavy (non-hydrogen) atoms. The summed E-state index contributed by atoms with van der Waals surface area (Å²) in [6.07, 6.45) is 4.77. The molecule has 1 amide bonds. The Labute approximate surface area is 115 Å². The third-order valence-corrected chi connectivity index (χ3v) is 3.29. The van der Waals surface area contributed by atoms with Gasteiger partial charge in [0.1, 0.15) is 6.61 Å². The fourth-order valence-electron chi connectivity index (χ4n) is 2.39. The maximum Gasteiger partial charge on any atom is 0.407 e. The van der Waals surface area contributed by atoms with Gasteiger partial charge in [-0.15, -0.1) is 5.10 Å². The summed E-state index contributed by atoms with van der Waals surface area (Å²) in [5.41, 5.74) is 0. The van der Waals surface area contributed by atoms with Gasteiger partial charge >= 0.3 is 12.1 Å². The first-order chi connectivity index (χ1) is 9.61. The highest BCUT2D eigenvalue weighted by Crippen LogP contribution is 2.34. The van der Waals surface area contributed by atoms with Gasteiger partial charge in [-0.05, 0) is 12.8 Å². The number of ether oxygens (including phenoxy) is 1. The van der Waals surface area contributed by atoms with E-state index in [4.69, 9.17) is 9.84 Å². The lowest BCUT2D eigenvalue weighted by atomic mass is 10.1. The number of carboxylic acid groups (broad SMARTS) is 1. The summed E-state index contributed by atoms with van der Waals surface area (Å²) in [6.45, 7) is 3.56. The number of alkyl carbamates (subject to hydrolysis) is 1. The SMILES string of the molecule is C=CCOC(=O)N[C@@H]1CC(C(=O)O)C[C@@H]1n1ccnn1. The molecule has 1 fully saturated rings. The smallest absolute Gasteiger partial charge is 0.407 e. The van der Waals surface area contributed by atoms with E-state index in [9.17, 15) is 9.59 Å². The number of amides is 1. The molecule has 2 rings (SSSR count). The molecule has 1 aromatic heterocycles. The van der Waals surface area contributed by atoms with E-state index in [1.807, 2.05) is 0 Å². The zero-order valence-corrected chi connectivity index (χ0v) is 10.8. The van der Waals surface area contributed by atoms with E-state index < -0.39 is 18.0 Å². The van der Waals surface area contributed by atoms with E-state index in [1.54, 1.807) is 10.9 Å². The maximum atomic E-state index is 11.6. The molecule has 108 valence electrons. The van der Waals surface area contributed by atoms with Crippen molar-refractivity contribution in [2.75, 3.05) is 6.61 Å². The van der Waals surface area contributed by atoms with Crippen molar-refractivity contribution in [2.24, 2.45) is 5.92 Å². The number of nitrogens with zero attached hydrogens (tertiary/aromatic N) is 3. The number of aliphatic carboxylic acids is 1. The largest absolute Gasteiger partial charge is 0.481 e. The zero-order chi connectivity index (χ0) is 14.5. The Morgan fingerprint density at radius 1 is 1.55 bits per heavy atom. The maximum absolute atomic E-state index is 11.6. The van der Waals surface area contributed by atoms with E-state index in [-0.39, 0.29) is 18.7 Å². The van der Waals surface area contributed by atoms with Crippen LogP contribution in [0.15, 0.2) is 25.0 Å². The second kappa shape index (κ2) is 6.18. The van der Waals surface area contributed by atoms with Gasteiger partial charge in [0.2, 0.25) is 0 Å². The average Bonchev–Trinajstić information content (AvgIpc) is 3.04. The van der Waals surface area contributed by atoms with Gasteiger partial charge in [0.15, 0.2) is 0 Å². The first-order valence-corrected chi connectivity index (χ1v) is 6.24. The summed E-state index contributed by atoms with van der Waals surface area (Å²) in [5, 5.41) is 19.4. The number of carbonyl (C=O) groups excluding carboxylic acids is 1. The molecular formula is C12H16N4O4. The Bertz CT molecular complexity index is 488. The monoisotopic (exact) mass is 280 g/mol. The van der Waals surface area contributed by atoms with Crippen molar-refractivity contribution >= 4 is 12.1 Å². The second-order valence-electron chi connectivity index (χ2n) is 4.59. The van der Waals surface area contributed by atoms with E-state index in [0.29, 0.717) is 12.8 Å². The minimum absolute atomic E-state index is 0.106. The molecule has 1 aliphatic rings. The topological polar surface area (TPSA) is 106 Å². The third-order valence-electron chi connectivity index (χ3n) is 3.29. The minimum Gasteiger partial charge on any atom is -0.481 e. The molecule has 0 aromatic carbocycles. The fraction of sp³-hybridized carbons (Fsp3) is 0.500. The van der Waals surface area contributed by atoms with Crippen molar-refractivity contribution in [2.45, 2.75) is 24.9 Å². The van der Waals surface area contributed by atoms with E-state index >= 15 is 0 Å². The summed E-state index contributed by atoms with van der Waals surface area (Å²) >= 11 is 0. The van der Waals surface area contributed by atoms with Crippen molar-refractivity contribution in [1.82, 2.24) is 20.3 Å². The fourth-order valence-corrected chi connectivity index (χ4v) is 2.39. The summed E-state index contributed by atoms with van der Waals surface area (Å²) in [5.74, 6) is -1.40. The van der Waals surface area contributed by atoms with Gasteiger partial charge in [-0.1, -0.05) is 17.9 Å². The Morgan fingerprint density at radius 3 is 2.95 bits per heavy atom. The minimum atomic E-state index is -0.876. The van der Waals surface area contributed by atoms with E-state index in [0.717, 1.165) is 0 Å². The van der Waals surface area contributed by atoms with Crippen LogP contribution in [0.2, 0.25) is 0 Å². The van der Waals surface area contributed by atoms with Gasteiger partial charge in [-0.3, -0.25) is 4.79 Å². The van der Waals surface area contributed by atoms with Gasteiger partial charge in [-0.2, -0.15) is 0 Å². The van der Waals surface area contributed by atoms with Gasteiger partial charge in [0, 0.05) is 6.20 Å². The number of nitrogens with one attached hydrogen (secondary N) is 1. The summed E-state index contributed by atoms with van der Waals surface area (Å²) in [6, 6.07) is -0.593. The van der Waals surface area contributed by atoms with Crippen LogP contribution in [0, 0.1) is 5.92 Å². The predicted molar refractivity (Wildman–Crippen MR) is 67.9 cm³/mol. The zero-order valence-electron chi connectivity index (χ0n) is 10.8. The van der Waals surface area contributed by atoms with Crippen molar-refractivity contribution in [3.63, 3.8) is 0 Å². The standard InChI is InChI=1S/C12H16N4O4/c1-2-5-20-12(19)14-9-6-8(11(17)18)7-10(9)16-4-3-13-15-16/h2-4,8-10H,1,5-7H2,(H,14,19)(H,17,18)/t8?,9-,10+/m1/s1. The molecule has 1 aromatic rings. The lowest BCUT2D eigenvalue weighted by molar-refractivity contribution is -0.141. The van der Waals surface area contributed by atoms with Crippen LogP contribution in [0.25, 0.3) is 0 Å². The summed E-state index contributed by atoms with van der Waals surface area (Å²) < 4.78 is 6.42. The van der Waals surface area contributed by atoms with Crippen LogP contribution in [-0.4, -0.2) is 44.8 Å². The van der Waals surface area contributed by atoms with Crippen LogP contribution in [0.1, 0.15) is 18.9 Å². The van der Waals surface area contributed by atoms with Crippen molar-refractivity contribution < 1.29 is 19.4 Å². The molecule has 0 aliphatic heterocycles. The van der Waals surface area contributed by atoms with Crippen LogP contribution >= 0.6 is 0 Å². The molecule has 0 saturated heterocycles. The number of hydrogen-bond acceptors (Lipinski definition) is 5. The third kappa shape index (κ3) is 3.14. The lowest BCUT2D eigenvalue weighted by Crippen LogP contribution is -2.39. The van der Waals surface area contributed by atoms with Crippen molar-refractivity contribution in [3.8, 4) is 0 Å². The highest BCUT2D eigenvalue weighted by molar-refractivity contribution is 5.71. The number of hydrogen-bond donors (Lipinski definition) is 2. The molecular weight excluding hydrogens is 264 g/mol. The molecule has 2 N–H and O–H groups in total. The summed E-state index contributed by atoms with van der Waals surface area (Å²) in [4.78, 5) is 22.7. The Balaban J connectivity index is 2.05. The molecule has 0 radical (unpaired) electrons. The highest BCUT2D eigenvalue weighted by atomic mass is 16.5. The second-order valence-corrected chi connectivity index (χ2v) is 4.59. The van der Waals surface area contributed by atoms with Crippen LogP contribution in [-0.2, 0) is 9.53 Å². The van der Waals surface area contributed by atoms with E-state index in [2.05, 4.69) is 22.2 Å². The van der Waals surface area contributed by atoms with Gasteiger partial charge in [0.05, 0.1) is 24.2 Å². The first kappa shape index (κ1) is 14.0. The van der Waals surface area contributed by atoms with Crippen LogP contribution < -0.4 is 5.32 Å². The Kier molecular flexibility index (Phi) is 4.34. The molecule has 8 heteroatoms. The molecule has 0 spiro atoms. The lowest BCUT2D eigenvalue weighted by Gasteiger charge is -2.20. The molecule has 0 bridgehead atoms. The molecule has 3 atom stereocenters. The molecule has 1 aliphatic carbocycles. The van der Waals surface area contributed by atoms with Crippen LogP contribution in [0.4, 0.5) is 4.79 Å². The molecule has 1 heterocycles. The van der Waals surface area contributed by atoms with Gasteiger partial charge in [0.25, 0.3) is 0 Å². The highest BCUT2D eigenvalue weighted by Gasteiger charge is 2.40. The molecule has 1 saturated carbocycles. The molecule has 8 nitrogen and oxygen atoms in total. The summed E-state index contributed by atoms with van der Waals surface area (Å²) in [7, 11) is 0. The van der Waals surface area contributed by atoms with E-state index in [1.165, 1.54) is 12.3 Å². The first-order valence-electron chi connectivity index (χ1n) is 6.24. The molecule has 1 unspecified atom stereocenters. The average molecular weight is 280 g/mol. The number of carboxylic acids is 1. The number of carbonyl (C=O) groups is 2. The van der Waals surface area contributed by atoms with Gasteiger partial charge < -0.3 is 15.2 Å². The van der Waals surface area contributed by atoms with Crippen molar-refractivity contribution in [1.29, 1.82) is 0 Å².